The Kier molecular flexibility index (Phi) is 6.22. The molecule has 1 fully saturated rings. The van der Waals surface area contributed by atoms with Crippen molar-refractivity contribution in [3.05, 3.63) is 70.8 Å². The highest BCUT2D eigenvalue weighted by Gasteiger charge is 2.28. The molecule has 2 aromatic rings. The van der Waals surface area contributed by atoms with Gasteiger partial charge in [-0.25, -0.2) is 4.79 Å². The lowest BCUT2D eigenvalue weighted by Crippen LogP contribution is -2.49. The largest absolute Gasteiger partial charge is 0.393 e. The second kappa shape index (κ2) is 8.65. The van der Waals surface area contributed by atoms with E-state index >= 15 is 0 Å². The van der Waals surface area contributed by atoms with Crippen molar-refractivity contribution < 1.29 is 27.6 Å². The number of carbonyl (C=O) groups is 2. The molecule has 1 aliphatic rings. The molecule has 0 radical (unpaired) electrons. The van der Waals surface area contributed by atoms with Crippen LogP contribution >= 0.6 is 0 Å². The number of hydrogen-bond acceptors (Lipinski definition) is 4. The molecule has 154 valence electrons. The summed E-state index contributed by atoms with van der Waals surface area (Å²) < 4.78 is 37.6. The van der Waals surface area contributed by atoms with E-state index in [0.29, 0.717) is 31.7 Å². The molecular formula is C21H21F3N2O3. The van der Waals surface area contributed by atoms with Gasteiger partial charge in [-0.1, -0.05) is 30.3 Å². The second-order valence-corrected chi connectivity index (χ2v) is 6.91. The quantitative estimate of drug-likeness (QED) is 0.778. The van der Waals surface area contributed by atoms with Crippen LogP contribution in [0, 0.1) is 6.92 Å². The SMILES string of the molecule is Cc1ccccc1C(=O)N1CCN(OC(=O)c2cccc(CC(F)(F)F)c2)CC1. The predicted octanol–water partition coefficient (Wildman–Crippen LogP) is 3.63. The molecule has 0 aromatic heterocycles. The zero-order valence-electron chi connectivity index (χ0n) is 15.9. The second-order valence-electron chi connectivity index (χ2n) is 6.91. The fraction of sp³-hybridized carbons (Fsp3) is 0.333. The minimum atomic E-state index is -4.34. The summed E-state index contributed by atoms with van der Waals surface area (Å²) in [6.45, 7) is 3.29. The molecule has 1 aliphatic heterocycles. The van der Waals surface area contributed by atoms with Crippen LogP contribution in [0.2, 0.25) is 0 Å². The fourth-order valence-electron chi connectivity index (χ4n) is 3.18. The molecule has 0 saturated carbocycles. The van der Waals surface area contributed by atoms with E-state index in [-0.39, 0.29) is 17.0 Å². The molecule has 0 spiro atoms. The van der Waals surface area contributed by atoms with Gasteiger partial charge in [-0.15, -0.1) is 5.06 Å². The van der Waals surface area contributed by atoms with Crippen molar-refractivity contribution >= 4 is 11.9 Å². The van der Waals surface area contributed by atoms with Crippen LogP contribution in [0.3, 0.4) is 0 Å². The average molecular weight is 406 g/mol. The molecule has 8 heteroatoms. The van der Waals surface area contributed by atoms with Gasteiger partial charge in [0.2, 0.25) is 0 Å². The van der Waals surface area contributed by atoms with Gasteiger partial charge >= 0.3 is 12.1 Å². The topological polar surface area (TPSA) is 49.9 Å². The van der Waals surface area contributed by atoms with Crippen LogP contribution in [0.25, 0.3) is 0 Å². The summed E-state index contributed by atoms with van der Waals surface area (Å²) in [7, 11) is 0. The lowest BCUT2D eigenvalue weighted by Gasteiger charge is -2.33. The lowest BCUT2D eigenvalue weighted by atomic mass is 10.1. The van der Waals surface area contributed by atoms with Gasteiger partial charge in [0.15, 0.2) is 0 Å². The van der Waals surface area contributed by atoms with Gasteiger partial charge in [-0.2, -0.15) is 13.2 Å². The Morgan fingerprint density at radius 2 is 1.69 bits per heavy atom. The molecule has 0 bridgehead atoms. The van der Waals surface area contributed by atoms with Gasteiger partial charge in [-0.05, 0) is 36.2 Å². The molecule has 0 unspecified atom stereocenters. The number of hydrogen-bond donors (Lipinski definition) is 0. The summed E-state index contributed by atoms with van der Waals surface area (Å²) in [5.74, 6) is -0.790. The third-order valence-corrected chi connectivity index (χ3v) is 4.68. The van der Waals surface area contributed by atoms with Gasteiger partial charge in [-0.3, -0.25) is 4.79 Å². The zero-order valence-corrected chi connectivity index (χ0v) is 15.9. The van der Waals surface area contributed by atoms with Gasteiger partial charge in [0, 0.05) is 18.7 Å². The molecular weight excluding hydrogens is 385 g/mol. The Hall–Kier alpha value is -2.87. The van der Waals surface area contributed by atoms with E-state index in [2.05, 4.69) is 0 Å². The van der Waals surface area contributed by atoms with Gasteiger partial charge in [0.1, 0.15) is 0 Å². The van der Waals surface area contributed by atoms with Crippen molar-refractivity contribution in [2.45, 2.75) is 19.5 Å². The number of benzene rings is 2. The number of piperazine rings is 1. The monoisotopic (exact) mass is 406 g/mol. The first-order chi connectivity index (χ1) is 13.7. The molecule has 1 amide bonds. The highest BCUT2D eigenvalue weighted by molar-refractivity contribution is 5.95. The summed E-state index contributed by atoms with van der Waals surface area (Å²) in [6.07, 6.45) is -5.45. The summed E-state index contributed by atoms with van der Waals surface area (Å²) in [5.41, 5.74) is 1.59. The first-order valence-corrected chi connectivity index (χ1v) is 9.21. The van der Waals surface area contributed by atoms with Crippen molar-refractivity contribution in [3.63, 3.8) is 0 Å². The van der Waals surface area contributed by atoms with E-state index in [9.17, 15) is 22.8 Å². The van der Waals surface area contributed by atoms with Crippen molar-refractivity contribution in [2.24, 2.45) is 0 Å². The number of rotatable bonds is 4. The molecule has 3 rings (SSSR count). The Morgan fingerprint density at radius 1 is 1.00 bits per heavy atom. The van der Waals surface area contributed by atoms with Crippen LogP contribution in [0.4, 0.5) is 13.2 Å². The van der Waals surface area contributed by atoms with Gasteiger partial charge in [0.25, 0.3) is 5.91 Å². The zero-order chi connectivity index (χ0) is 21.0. The standard InChI is InChI=1S/C21H21F3N2O3/c1-15-5-2-3-8-18(15)19(27)25-9-11-26(12-10-25)29-20(28)17-7-4-6-16(13-17)14-21(22,23)24/h2-8,13H,9-12,14H2,1H3. The highest BCUT2D eigenvalue weighted by atomic mass is 19.4. The van der Waals surface area contributed by atoms with Crippen molar-refractivity contribution in [1.29, 1.82) is 0 Å². The van der Waals surface area contributed by atoms with Gasteiger partial charge < -0.3 is 9.74 Å². The van der Waals surface area contributed by atoms with Crippen molar-refractivity contribution in [3.8, 4) is 0 Å². The number of nitrogens with zero attached hydrogens (tertiary/aromatic N) is 2. The molecule has 2 aromatic carbocycles. The van der Waals surface area contributed by atoms with Crippen molar-refractivity contribution in [1.82, 2.24) is 9.96 Å². The van der Waals surface area contributed by atoms with Crippen LogP contribution in [-0.2, 0) is 11.3 Å². The summed E-state index contributed by atoms with van der Waals surface area (Å²) >= 11 is 0. The van der Waals surface area contributed by atoms with Crippen LogP contribution < -0.4 is 0 Å². The molecule has 1 saturated heterocycles. The first-order valence-electron chi connectivity index (χ1n) is 9.21. The molecule has 1 heterocycles. The van der Waals surface area contributed by atoms with E-state index in [1.807, 2.05) is 25.1 Å². The van der Waals surface area contributed by atoms with E-state index in [0.717, 1.165) is 5.56 Å². The van der Waals surface area contributed by atoms with Crippen LogP contribution in [0.1, 0.15) is 31.8 Å². The van der Waals surface area contributed by atoms with E-state index < -0.39 is 18.6 Å². The Labute approximate surface area is 166 Å². The maximum absolute atomic E-state index is 12.6. The van der Waals surface area contributed by atoms with Crippen LogP contribution in [0.5, 0.6) is 0 Å². The van der Waals surface area contributed by atoms with Crippen LogP contribution in [-0.4, -0.2) is 54.2 Å². The summed E-state index contributed by atoms with van der Waals surface area (Å²) in [4.78, 5) is 31.9. The third-order valence-electron chi connectivity index (χ3n) is 4.68. The number of hydroxylamine groups is 2. The normalized spacial score (nSPS) is 15.2. The van der Waals surface area contributed by atoms with Gasteiger partial charge in [0.05, 0.1) is 25.1 Å². The molecule has 0 atom stereocenters. The summed E-state index contributed by atoms with van der Waals surface area (Å²) in [5, 5.41) is 1.43. The molecule has 0 aliphatic carbocycles. The number of carbonyl (C=O) groups excluding carboxylic acids is 2. The van der Waals surface area contributed by atoms with E-state index in [4.69, 9.17) is 4.84 Å². The number of halogens is 3. The highest BCUT2D eigenvalue weighted by Crippen LogP contribution is 2.22. The number of alkyl halides is 3. The Balaban J connectivity index is 1.56. The third kappa shape index (κ3) is 5.57. The van der Waals surface area contributed by atoms with Crippen molar-refractivity contribution in [2.75, 3.05) is 26.2 Å². The minimum absolute atomic E-state index is 0.000553. The lowest BCUT2D eigenvalue weighted by molar-refractivity contribution is -0.128. The Morgan fingerprint density at radius 3 is 2.34 bits per heavy atom. The average Bonchev–Trinajstić information content (AvgIpc) is 2.67. The fourth-order valence-corrected chi connectivity index (χ4v) is 3.18. The molecule has 29 heavy (non-hydrogen) atoms. The number of aryl methyl sites for hydroxylation is 1. The predicted molar refractivity (Wildman–Crippen MR) is 100 cm³/mol. The Bertz CT molecular complexity index is 891. The van der Waals surface area contributed by atoms with Crippen LogP contribution in [0.15, 0.2) is 48.5 Å². The first kappa shape index (κ1) is 20.9. The smallest absolute Gasteiger partial charge is 0.364 e. The maximum atomic E-state index is 12.6. The summed E-state index contributed by atoms with van der Waals surface area (Å²) in [6, 6.07) is 12.7. The maximum Gasteiger partial charge on any atom is 0.393 e. The number of amides is 1. The van der Waals surface area contributed by atoms with E-state index in [1.54, 1.807) is 11.0 Å². The molecule has 5 nitrogen and oxygen atoms in total. The van der Waals surface area contributed by atoms with E-state index in [1.165, 1.54) is 29.3 Å². The molecule has 0 N–H and O–H groups in total. The minimum Gasteiger partial charge on any atom is -0.364 e.